The lowest BCUT2D eigenvalue weighted by molar-refractivity contribution is -0.148. The Kier molecular flexibility index (Phi) is 5.99. The first-order valence-electron chi connectivity index (χ1n) is 9.87. The molecule has 0 aromatic carbocycles. The Bertz CT molecular complexity index is 700. The lowest BCUT2D eigenvalue weighted by atomic mass is 9.77. The van der Waals surface area contributed by atoms with Gasteiger partial charge in [0.15, 0.2) is 0 Å². The minimum Gasteiger partial charge on any atom is -0.393 e. The summed E-state index contributed by atoms with van der Waals surface area (Å²) in [7, 11) is 0. The van der Waals surface area contributed by atoms with Crippen molar-refractivity contribution in [3.05, 3.63) is 17.8 Å². The first kappa shape index (κ1) is 19.6. The van der Waals surface area contributed by atoms with E-state index in [1.807, 2.05) is 0 Å². The number of aromatic nitrogens is 1. The van der Waals surface area contributed by atoms with Crippen molar-refractivity contribution in [2.75, 3.05) is 17.6 Å². The lowest BCUT2D eigenvalue weighted by Crippen LogP contribution is -2.53. The predicted molar refractivity (Wildman–Crippen MR) is 104 cm³/mol. The Morgan fingerprint density at radius 2 is 1.93 bits per heavy atom. The number of piperidine rings is 1. The summed E-state index contributed by atoms with van der Waals surface area (Å²) in [5.41, 5.74) is 6.93. The van der Waals surface area contributed by atoms with Crippen LogP contribution in [0.4, 0.5) is 11.5 Å². The number of rotatable bonds is 2. The molecule has 1 saturated heterocycles. The SMILES string of the molecule is Cc1cc(NC(=O)C(=O)N2C[C@H](C)CC[C@H]2C2CCC(O)CC2)cnc1N. The van der Waals surface area contributed by atoms with Gasteiger partial charge in [0.25, 0.3) is 0 Å². The minimum atomic E-state index is -0.629. The van der Waals surface area contributed by atoms with Crippen LogP contribution in [-0.2, 0) is 9.59 Å². The van der Waals surface area contributed by atoms with Crippen LogP contribution in [0, 0.1) is 18.8 Å². The Morgan fingerprint density at radius 3 is 2.59 bits per heavy atom. The highest BCUT2D eigenvalue weighted by Gasteiger charge is 2.38. The Balaban J connectivity index is 1.70. The quantitative estimate of drug-likeness (QED) is 0.687. The summed E-state index contributed by atoms with van der Waals surface area (Å²) >= 11 is 0. The summed E-state index contributed by atoms with van der Waals surface area (Å²) in [6, 6.07) is 1.80. The van der Waals surface area contributed by atoms with E-state index in [0.29, 0.717) is 29.9 Å². The number of likely N-dealkylation sites (tertiary alicyclic amines) is 1. The summed E-state index contributed by atoms with van der Waals surface area (Å²) in [5, 5.41) is 12.4. The summed E-state index contributed by atoms with van der Waals surface area (Å²) in [6.07, 6.45) is 6.60. The van der Waals surface area contributed by atoms with Crippen LogP contribution in [-0.4, -0.2) is 45.5 Å². The Morgan fingerprint density at radius 1 is 1.22 bits per heavy atom. The molecule has 1 aliphatic heterocycles. The largest absolute Gasteiger partial charge is 0.393 e. The summed E-state index contributed by atoms with van der Waals surface area (Å²) in [4.78, 5) is 31.3. The molecule has 2 atom stereocenters. The molecule has 0 spiro atoms. The first-order valence-corrected chi connectivity index (χ1v) is 9.87. The fourth-order valence-electron chi connectivity index (χ4n) is 4.35. The molecule has 1 saturated carbocycles. The zero-order chi connectivity index (χ0) is 19.6. The highest BCUT2D eigenvalue weighted by molar-refractivity contribution is 6.39. The standard InChI is InChI=1S/C20H30N4O3/c1-12-3-8-17(14-4-6-16(25)7-5-14)24(11-12)20(27)19(26)23-15-9-13(2)18(21)22-10-15/h9-10,12,14,16-17,25H,3-8,11H2,1-2H3,(H2,21,22)(H,23,26)/t12-,14?,16?,17+/m1/s1. The molecule has 0 bridgehead atoms. The van der Waals surface area contributed by atoms with Gasteiger partial charge in [0.05, 0.1) is 18.0 Å². The third-order valence-corrected chi connectivity index (χ3v) is 5.98. The maximum atomic E-state index is 12.9. The van der Waals surface area contributed by atoms with Crippen LogP contribution in [0.25, 0.3) is 0 Å². The molecule has 0 radical (unpaired) electrons. The van der Waals surface area contributed by atoms with Gasteiger partial charge < -0.3 is 21.1 Å². The number of aliphatic hydroxyl groups is 1. The number of nitrogens with two attached hydrogens (primary N) is 1. The van der Waals surface area contributed by atoms with Gasteiger partial charge in [-0.1, -0.05) is 6.92 Å². The molecule has 2 heterocycles. The fraction of sp³-hybridized carbons (Fsp3) is 0.650. The highest BCUT2D eigenvalue weighted by Crippen LogP contribution is 2.35. The van der Waals surface area contributed by atoms with Crippen molar-refractivity contribution in [2.24, 2.45) is 11.8 Å². The molecule has 7 heteroatoms. The van der Waals surface area contributed by atoms with E-state index in [2.05, 4.69) is 17.2 Å². The van der Waals surface area contributed by atoms with Crippen molar-refractivity contribution in [1.82, 2.24) is 9.88 Å². The molecule has 27 heavy (non-hydrogen) atoms. The number of anilines is 2. The van der Waals surface area contributed by atoms with Gasteiger partial charge in [-0.25, -0.2) is 4.98 Å². The molecule has 1 aromatic heterocycles. The average molecular weight is 374 g/mol. The van der Waals surface area contributed by atoms with Gasteiger partial charge in [-0.15, -0.1) is 0 Å². The van der Waals surface area contributed by atoms with E-state index in [9.17, 15) is 14.7 Å². The smallest absolute Gasteiger partial charge is 0.313 e. The van der Waals surface area contributed by atoms with E-state index in [-0.39, 0.29) is 12.1 Å². The zero-order valence-corrected chi connectivity index (χ0v) is 16.1. The van der Waals surface area contributed by atoms with Gasteiger partial charge >= 0.3 is 11.8 Å². The lowest BCUT2D eigenvalue weighted by Gasteiger charge is -2.44. The zero-order valence-electron chi connectivity index (χ0n) is 16.1. The number of amides is 2. The molecule has 2 amide bonds. The number of nitrogens with zero attached hydrogens (tertiary/aromatic N) is 2. The molecule has 0 unspecified atom stereocenters. The topological polar surface area (TPSA) is 109 Å². The second-order valence-electron chi connectivity index (χ2n) is 8.16. The van der Waals surface area contributed by atoms with Crippen molar-refractivity contribution in [3.63, 3.8) is 0 Å². The van der Waals surface area contributed by atoms with Crippen LogP contribution < -0.4 is 11.1 Å². The minimum absolute atomic E-state index is 0.0817. The number of hydrogen-bond donors (Lipinski definition) is 3. The van der Waals surface area contributed by atoms with Gasteiger partial charge in [0.2, 0.25) is 0 Å². The highest BCUT2D eigenvalue weighted by atomic mass is 16.3. The van der Waals surface area contributed by atoms with Crippen molar-refractivity contribution in [2.45, 2.75) is 64.5 Å². The number of nitrogen functional groups attached to an aromatic ring is 1. The Hall–Kier alpha value is -2.15. The van der Waals surface area contributed by atoms with Gasteiger partial charge in [0, 0.05) is 12.6 Å². The van der Waals surface area contributed by atoms with Gasteiger partial charge in [0.1, 0.15) is 5.82 Å². The van der Waals surface area contributed by atoms with E-state index >= 15 is 0 Å². The maximum Gasteiger partial charge on any atom is 0.313 e. The van der Waals surface area contributed by atoms with Crippen LogP contribution in [0.2, 0.25) is 0 Å². The molecule has 2 aliphatic rings. The average Bonchev–Trinajstić information content (AvgIpc) is 2.65. The maximum absolute atomic E-state index is 12.9. The number of aryl methyl sites for hydroxylation is 1. The molecule has 148 valence electrons. The van der Waals surface area contributed by atoms with Gasteiger partial charge in [-0.05, 0) is 68.9 Å². The number of pyridine rings is 1. The van der Waals surface area contributed by atoms with Gasteiger partial charge in [-0.2, -0.15) is 0 Å². The van der Waals surface area contributed by atoms with E-state index in [1.54, 1.807) is 17.9 Å². The van der Waals surface area contributed by atoms with Crippen molar-refractivity contribution in [3.8, 4) is 0 Å². The van der Waals surface area contributed by atoms with Crippen LogP contribution in [0.15, 0.2) is 12.3 Å². The number of carbonyl (C=O) groups is 2. The molecule has 1 aromatic rings. The molecule has 1 aliphatic carbocycles. The molecule has 7 nitrogen and oxygen atoms in total. The van der Waals surface area contributed by atoms with Crippen molar-refractivity contribution in [1.29, 1.82) is 0 Å². The second kappa shape index (κ2) is 8.25. The third kappa shape index (κ3) is 4.58. The molecule has 2 fully saturated rings. The van der Waals surface area contributed by atoms with E-state index in [0.717, 1.165) is 44.1 Å². The second-order valence-corrected chi connectivity index (χ2v) is 8.16. The Labute approximate surface area is 160 Å². The third-order valence-electron chi connectivity index (χ3n) is 5.98. The molecule has 3 rings (SSSR count). The van der Waals surface area contributed by atoms with Crippen molar-refractivity contribution < 1.29 is 14.7 Å². The predicted octanol–water partition coefficient (Wildman–Crippen LogP) is 2.09. The van der Waals surface area contributed by atoms with Crippen molar-refractivity contribution >= 4 is 23.3 Å². The molecule has 4 N–H and O–H groups in total. The molecular weight excluding hydrogens is 344 g/mol. The van der Waals surface area contributed by atoms with E-state index < -0.39 is 11.8 Å². The summed E-state index contributed by atoms with van der Waals surface area (Å²) in [6.45, 7) is 4.53. The summed E-state index contributed by atoms with van der Waals surface area (Å²) in [5.74, 6) is 0.0393. The van der Waals surface area contributed by atoms with E-state index in [4.69, 9.17) is 5.73 Å². The first-order chi connectivity index (χ1) is 12.8. The van der Waals surface area contributed by atoms with Crippen LogP contribution in [0.1, 0.15) is 51.0 Å². The number of hydrogen-bond acceptors (Lipinski definition) is 5. The van der Waals surface area contributed by atoms with Gasteiger partial charge in [-0.3, -0.25) is 9.59 Å². The normalized spacial score (nSPS) is 28.6. The number of carbonyl (C=O) groups excluding carboxylic acids is 2. The number of aliphatic hydroxyl groups excluding tert-OH is 1. The molecular formula is C20H30N4O3. The van der Waals surface area contributed by atoms with Crippen LogP contribution >= 0.6 is 0 Å². The summed E-state index contributed by atoms with van der Waals surface area (Å²) < 4.78 is 0. The van der Waals surface area contributed by atoms with Crippen LogP contribution in [0.5, 0.6) is 0 Å². The number of nitrogens with one attached hydrogen (secondary N) is 1. The van der Waals surface area contributed by atoms with Crippen LogP contribution in [0.3, 0.4) is 0 Å². The van der Waals surface area contributed by atoms with E-state index in [1.165, 1.54) is 6.20 Å². The monoisotopic (exact) mass is 374 g/mol. The fourth-order valence-corrected chi connectivity index (χ4v) is 4.35.